The molecule has 1 unspecified atom stereocenters. The Hall–Kier alpha value is -3.91. The molecule has 0 saturated heterocycles. The molecule has 0 aliphatic carbocycles. The fourth-order valence-electron chi connectivity index (χ4n) is 5.07. The molecule has 1 atom stereocenters. The summed E-state index contributed by atoms with van der Waals surface area (Å²) in [6, 6.07) is 45.8. The first kappa shape index (κ1) is 24.4. The Morgan fingerprint density at radius 1 is 0.632 bits per heavy atom. The highest BCUT2D eigenvalue weighted by Crippen LogP contribution is 2.52. The second-order valence-electron chi connectivity index (χ2n) is 9.26. The maximum Gasteiger partial charge on any atom is 0.267 e. The lowest BCUT2D eigenvalue weighted by Crippen LogP contribution is -2.42. The third kappa shape index (κ3) is 4.28. The first-order valence-corrected chi connectivity index (χ1v) is 14.6. The first-order valence-electron chi connectivity index (χ1n) is 12.5. The van der Waals surface area contributed by atoms with Crippen molar-refractivity contribution in [2.75, 3.05) is 0 Å². The summed E-state index contributed by atoms with van der Waals surface area (Å²) in [6.07, 6.45) is 0.284. The van der Waals surface area contributed by atoms with Gasteiger partial charge in [-0.25, -0.2) is 4.74 Å². The fraction of sp³-hybridized carbons (Fsp3) is 0.0606. The van der Waals surface area contributed by atoms with Crippen LogP contribution >= 0.6 is 18.7 Å². The number of hydrogen-bond donors (Lipinski definition) is 0. The van der Waals surface area contributed by atoms with Crippen LogP contribution in [0.4, 0.5) is 0 Å². The van der Waals surface area contributed by atoms with E-state index in [0.29, 0.717) is 16.3 Å². The van der Waals surface area contributed by atoms with Crippen molar-refractivity contribution in [1.82, 2.24) is 0 Å². The fourth-order valence-corrected chi connectivity index (χ4v) is 8.94. The van der Waals surface area contributed by atoms with Gasteiger partial charge in [0.2, 0.25) is 5.78 Å². The Morgan fingerprint density at radius 3 is 1.61 bits per heavy atom. The molecule has 186 valence electrons. The molecule has 1 aliphatic rings. The molecule has 5 aromatic carbocycles. The lowest BCUT2D eigenvalue weighted by atomic mass is 9.97. The highest BCUT2D eigenvalue weighted by Gasteiger charge is 2.50. The van der Waals surface area contributed by atoms with E-state index in [1.165, 1.54) is 0 Å². The summed E-state index contributed by atoms with van der Waals surface area (Å²) in [5.41, 5.74) is 0.0244. The van der Waals surface area contributed by atoms with Crippen molar-refractivity contribution in [1.29, 1.82) is 0 Å². The number of para-hydroxylation sites is 1. The van der Waals surface area contributed by atoms with Gasteiger partial charge >= 0.3 is 0 Å². The average molecular weight is 534 g/mol. The van der Waals surface area contributed by atoms with Crippen molar-refractivity contribution in [3.05, 3.63) is 156 Å². The van der Waals surface area contributed by atoms with Crippen molar-refractivity contribution in [2.24, 2.45) is 4.74 Å². The summed E-state index contributed by atoms with van der Waals surface area (Å²) in [4.78, 5) is 14.3. The molecule has 1 heterocycles. The summed E-state index contributed by atoms with van der Waals surface area (Å²) in [7, 11) is -2.73. The van der Waals surface area contributed by atoms with Crippen LogP contribution in [-0.2, 0) is 6.42 Å². The summed E-state index contributed by atoms with van der Waals surface area (Å²) >= 11 is 6.20. The Labute approximate surface area is 227 Å². The summed E-state index contributed by atoms with van der Waals surface area (Å²) in [5.74, 6) is 0.428. The largest absolute Gasteiger partial charge is 0.457 e. The van der Waals surface area contributed by atoms with Gasteiger partial charge in [0.15, 0.2) is 0 Å². The number of Topliss-reactive ketones (excluding diaryl/α,β-unsaturated/α-hetero) is 1. The van der Waals surface area contributed by atoms with Crippen LogP contribution < -0.4 is 20.7 Å². The Kier molecular flexibility index (Phi) is 6.49. The van der Waals surface area contributed by atoms with Gasteiger partial charge in [-0.05, 0) is 29.8 Å². The molecule has 0 fully saturated rings. The van der Waals surface area contributed by atoms with E-state index in [-0.39, 0.29) is 12.2 Å². The van der Waals surface area contributed by atoms with Gasteiger partial charge in [0, 0.05) is 27.4 Å². The minimum absolute atomic E-state index is 0.129. The Morgan fingerprint density at radius 2 is 1.11 bits per heavy atom. The number of nitrogens with zero attached hydrogens (tertiary/aromatic N) is 1. The van der Waals surface area contributed by atoms with Gasteiger partial charge in [0.05, 0.1) is 12.6 Å². The number of rotatable bonds is 6. The molecular formula is C33H25ClNO2P. The zero-order valence-electron chi connectivity index (χ0n) is 20.6. The first-order chi connectivity index (χ1) is 18.6. The molecule has 1 aliphatic heterocycles. The number of fused-ring (bicyclic) bond motifs is 1. The van der Waals surface area contributed by atoms with E-state index in [4.69, 9.17) is 21.1 Å². The molecule has 0 N–H and O–H groups in total. The van der Waals surface area contributed by atoms with Gasteiger partial charge in [-0.2, -0.15) is 0 Å². The minimum atomic E-state index is -2.73. The van der Waals surface area contributed by atoms with E-state index in [1.807, 2.05) is 103 Å². The third-order valence-electron chi connectivity index (χ3n) is 6.82. The van der Waals surface area contributed by atoms with Crippen molar-refractivity contribution in [3.63, 3.8) is 0 Å². The average Bonchev–Trinajstić information content (AvgIpc) is 3.25. The normalized spacial score (nSPS) is 16.5. The lowest BCUT2D eigenvalue weighted by Gasteiger charge is -2.33. The van der Waals surface area contributed by atoms with Crippen LogP contribution in [0.15, 0.2) is 144 Å². The quantitative estimate of drug-likeness (QED) is 0.220. The molecule has 0 bridgehead atoms. The molecule has 5 aromatic rings. The number of carbonyl (C=O) groups excluding carboxylic acids is 1. The van der Waals surface area contributed by atoms with Gasteiger partial charge in [-0.3, -0.25) is 4.79 Å². The van der Waals surface area contributed by atoms with Gasteiger partial charge in [0.25, 0.3) is 5.72 Å². The van der Waals surface area contributed by atoms with Crippen molar-refractivity contribution in [3.8, 4) is 5.75 Å². The topological polar surface area (TPSA) is 38.7 Å². The lowest BCUT2D eigenvalue weighted by molar-refractivity contribution is 0.0601. The highest BCUT2D eigenvalue weighted by atomic mass is 35.5. The van der Waals surface area contributed by atoms with Crippen molar-refractivity contribution >= 4 is 40.4 Å². The van der Waals surface area contributed by atoms with Gasteiger partial charge in [-0.1, -0.05) is 127 Å². The summed E-state index contributed by atoms with van der Waals surface area (Å²) < 4.78 is 12.3. The zero-order valence-corrected chi connectivity index (χ0v) is 22.2. The van der Waals surface area contributed by atoms with Crippen LogP contribution in [0.25, 0.3) is 0 Å². The molecule has 6 rings (SSSR count). The van der Waals surface area contributed by atoms with Crippen LogP contribution in [0, 0.1) is 0 Å². The number of ether oxygens (including phenoxy) is 1. The molecule has 0 saturated carbocycles. The summed E-state index contributed by atoms with van der Waals surface area (Å²) in [6.45, 7) is 0. The predicted octanol–water partition coefficient (Wildman–Crippen LogP) is 7.03. The highest BCUT2D eigenvalue weighted by molar-refractivity contribution is 7.87. The second-order valence-corrected chi connectivity index (χ2v) is 12.7. The van der Waals surface area contributed by atoms with Crippen LogP contribution in [0.3, 0.4) is 0 Å². The van der Waals surface area contributed by atoms with Crippen LogP contribution in [0.2, 0.25) is 5.02 Å². The van der Waals surface area contributed by atoms with Crippen molar-refractivity contribution < 1.29 is 9.53 Å². The Balaban J connectivity index is 1.71. The monoisotopic (exact) mass is 533 g/mol. The number of ketones is 1. The number of halogens is 1. The second kappa shape index (κ2) is 10.1. The third-order valence-corrected chi connectivity index (χ3v) is 10.8. The molecule has 3 nitrogen and oxygen atoms in total. The van der Waals surface area contributed by atoms with E-state index < -0.39 is 12.8 Å². The van der Waals surface area contributed by atoms with Crippen LogP contribution in [0.5, 0.6) is 5.75 Å². The van der Waals surface area contributed by atoms with Gasteiger partial charge in [0.1, 0.15) is 5.75 Å². The number of carbonyl (C=O) groups is 1. The molecule has 5 heteroatoms. The molecule has 38 heavy (non-hydrogen) atoms. The summed E-state index contributed by atoms with van der Waals surface area (Å²) in [5, 5.41) is 3.81. The van der Waals surface area contributed by atoms with E-state index in [1.54, 1.807) is 0 Å². The zero-order chi connectivity index (χ0) is 26.0. The maximum atomic E-state index is 14.3. The maximum absolute atomic E-state index is 14.3. The number of benzene rings is 5. The van der Waals surface area contributed by atoms with Crippen LogP contribution in [-0.4, -0.2) is 11.5 Å². The molecular weight excluding hydrogens is 509 g/mol. The van der Waals surface area contributed by atoms with Gasteiger partial charge in [-0.15, -0.1) is 0 Å². The standard InChI is InChI=1S/C33H25ClNO2P/c34-26-22-20-25(21-23-26)24-33(32(36)30-18-10-11-19-31(30)37-33)35-38(27-12-4-1-5-13-27,28-14-6-2-7-15-28)29-16-8-3-9-17-29/h1-23H,24H2. The van der Waals surface area contributed by atoms with E-state index in [0.717, 1.165) is 21.5 Å². The van der Waals surface area contributed by atoms with Crippen molar-refractivity contribution in [2.45, 2.75) is 12.1 Å². The molecule has 0 amide bonds. The predicted molar refractivity (Wildman–Crippen MR) is 157 cm³/mol. The minimum Gasteiger partial charge on any atom is -0.457 e. The van der Waals surface area contributed by atoms with Gasteiger partial charge < -0.3 is 4.74 Å². The molecule has 0 radical (unpaired) electrons. The Bertz CT molecular complexity index is 1530. The van der Waals surface area contributed by atoms with E-state index in [9.17, 15) is 4.79 Å². The van der Waals surface area contributed by atoms with Crippen LogP contribution in [0.1, 0.15) is 15.9 Å². The van der Waals surface area contributed by atoms with E-state index >= 15 is 0 Å². The smallest absolute Gasteiger partial charge is 0.267 e. The molecule has 0 spiro atoms. The van der Waals surface area contributed by atoms with E-state index in [2.05, 4.69) is 36.4 Å². The molecule has 0 aromatic heterocycles. The SMILES string of the molecule is O=C1c2ccccc2OC1(Cc1ccc(Cl)cc1)N=P(c1ccccc1)(c1ccccc1)c1ccccc1. The number of hydrogen-bond acceptors (Lipinski definition) is 3.